The summed E-state index contributed by atoms with van der Waals surface area (Å²) < 4.78 is 18.4. The van der Waals surface area contributed by atoms with Gasteiger partial charge in [0, 0.05) is 65.0 Å². The molecule has 2 aliphatic heterocycles. The molecule has 0 amide bonds. The molecule has 13 aromatic carbocycles. The first-order valence-corrected chi connectivity index (χ1v) is 35.8. The van der Waals surface area contributed by atoms with E-state index in [1.165, 1.54) is 64.9 Å². The zero-order valence-electron chi connectivity index (χ0n) is 53.6. The lowest BCUT2D eigenvalue weighted by molar-refractivity contribution is 0.141. The van der Waals surface area contributed by atoms with Crippen LogP contribution in [0.2, 0.25) is 0 Å². The minimum atomic E-state index is -0.773. The highest BCUT2D eigenvalue weighted by molar-refractivity contribution is 7.26. The third kappa shape index (κ3) is 7.83. The van der Waals surface area contributed by atoms with Gasteiger partial charge in [-0.25, -0.2) is 19.9 Å². The van der Waals surface area contributed by atoms with Crippen molar-refractivity contribution in [2.45, 2.75) is 16.9 Å². The van der Waals surface area contributed by atoms with Gasteiger partial charge >= 0.3 is 0 Å². The van der Waals surface area contributed by atoms with Crippen molar-refractivity contribution in [3.63, 3.8) is 0 Å². The van der Waals surface area contributed by atoms with Crippen LogP contribution < -0.4 is 9.47 Å². The maximum Gasteiger partial charge on any atom is 0.161 e. The average Bonchev–Trinajstić information content (AvgIpc) is 1.49. The van der Waals surface area contributed by atoms with Gasteiger partial charge in [-0.1, -0.05) is 249 Å². The number of rotatable bonds is 6. The van der Waals surface area contributed by atoms with Crippen molar-refractivity contribution in [1.82, 2.24) is 19.9 Å². The molecule has 6 heterocycles. The summed E-state index contributed by atoms with van der Waals surface area (Å²) >= 11 is 3.53. The van der Waals surface area contributed by atoms with Crippen molar-refractivity contribution in [3.05, 3.63) is 354 Å². The van der Waals surface area contributed by atoms with E-state index in [1.54, 1.807) is 22.7 Å². The van der Waals surface area contributed by atoms with Crippen LogP contribution in [0.15, 0.2) is 315 Å². The van der Waals surface area contributed by atoms with Crippen LogP contribution in [0.5, 0.6) is 17.2 Å². The Hall–Kier alpha value is -12.2. The number of para-hydroxylation sites is 2. The molecule has 0 saturated heterocycles. The summed E-state index contributed by atoms with van der Waals surface area (Å²) in [5.41, 5.74) is 23.9. The Bertz CT molecular complexity index is 6500. The van der Waals surface area contributed by atoms with Gasteiger partial charge in [-0.05, 0) is 144 Å². The SMILES string of the molecule is C1=CC2Oc3ccccc3C3(c4ccccc4-c4ccc(-c5nc(-c6ccccc6-c6cccc(-c7ccc8c(c7)C7(c9ccccc9O8)c8ccccc8-c8ccc(-c9nc(-c%10ccc%11ccccc%11c%10)nc%10c9sc9ccccc9%10)cc87)c6)nc6c5sc5ccccc56)cc43)C2C=C1. The number of ether oxygens (including phenoxy) is 2. The van der Waals surface area contributed by atoms with E-state index in [1.807, 2.05) is 0 Å². The normalized spacial score (nSPS) is 17.8. The second-order valence-electron chi connectivity index (χ2n) is 26.9. The monoisotopic (exact) mass is 1310 g/mol. The Morgan fingerprint density at radius 2 is 0.840 bits per heavy atom. The van der Waals surface area contributed by atoms with Crippen LogP contribution in [0.25, 0.3) is 141 Å². The van der Waals surface area contributed by atoms with Gasteiger partial charge in [0.2, 0.25) is 0 Å². The predicted molar refractivity (Wildman–Crippen MR) is 409 cm³/mol. The molecule has 4 atom stereocenters. The molecule has 0 bridgehead atoms. The lowest BCUT2D eigenvalue weighted by Crippen LogP contribution is -2.47. The first-order valence-electron chi connectivity index (χ1n) is 34.1. The standard InChI is InChI=1S/C92H54N4O2S2/c1-2-21-54-49-60(41-40-53(54)20-1)89-93-83(87-85(95-89)67-28-7-17-38-81(67)99-87)58-42-46-65-63-26-6-10-31-70(63)92(75(65)52-58)73-34-13-16-37-79(73)98-80-47-44-56(50-76(80)92)55-22-19-23-57(48-55)61-24-3-4-27-66(61)90-94-84(88-86(96-90)68-29-8-18-39-82(68)100-88)59-43-45-64-62-25-5-9-30-69(62)91(74(64)51-59)71-32-11-14-35-77(71)97-78-36-15-12-33-72(78)91/h1-52,71,77H. The second kappa shape index (κ2) is 21.2. The van der Waals surface area contributed by atoms with Crippen LogP contribution in [0.4, 0.5) is 0 Å². The first kappa shape index (κ1) is 55.9. The lowest BCUT2D eigenvalue weighted by atomic mass is 9.60. The molecule has 17 aromatic rings. The fourth-order valence-electron chi connectivity index (χ4n) is 17.6. The van der Waals surface area contributed by atoms with E-state index < -0.39 is 10.8 Å². The maximum absolute atomic E-state index is 7.10. The number of aromatic nitrogens is 4. The van der Waals surface area contributed by atoms with Crippen LogP contribution in [-0.2, 0) is 10.8 Å². The number of thiophene rings is 2. The average molecular weight is 1310 g/mol. The van der Waals surface area contributed by atoms with E-state index in [0.717, 1.165) is 121 Å². The zero-order chi connectivity index (χ0) is 65.4. The van der Waals surface area contributed by atoms with Gasteiger partial charge in [0.25, 0.3) is 0 Å². The number of benzene rings is 13. The third-order valence-electron chi connectivity index (χ3n) is 21.9. The molecule has 466 valence electrons. The second-order valence-corrected chi connectivity index (χ2v) is 29.0. The molecular weight excluding hydrogens is 1260 g/mol. The first-order chi connectivity index (χ1) is 49.5. The van der Waals surface area contributed by atoms with Crippen LogP contribution in [0.3, 0.4) is 0 Å². The summed E-state index contributed by atoms with van der Waals surface area (Å²) in [6.07, 6.45) is 8.78. The fourth-order valence-corrected chi connectivity index (χ4v) is 19.9. The summed E-state index contributed by atoms with van der Waals surface area (Å²) in [7, 11) is 0. The highest BCUT2D eigenvalue weighted by Gasteiger charge is 2.56. The summed E-state index contributed by atoms with van der Waals surface area (Å²) in [5, 5.41) is 4.58. The summed E-state index contributed by atoms with van der Waals surface area (Å²) in [6, 6.07) is 106. The van der Waals surface area contributed by atoms with Crippen molar-refractivity contribution in [2.75, 3.05) is 0 Å². The smallest absolute Gasteiger partial charge is 0.161 e. The van der Waals surface area contributed by atoms with Crippen molar-refractivity contribution in [2.24, 2.45) is 5.92 Å². The molecule has 0 saturated carbocycles. The predicted octanol–water partition coefficient (Wildman–Crippen LogP) is 23.4. The van der Waals surface area contributed by atoms with E-state index in [4.69, 9.17) is 29.4 Å². The van der Waals surface area contributed by atoms with Crippen LogP contribution in [0, 0.1) is 5.92 Å². The Kier molecular flexibility index (Phi) is 11.8. The number of allylic oxidation sites excluding steroid dienone is 2. The maximum atomic E-state index is 7.10. The highest BCUT2D eigenvalue weighted by atomic mass is 32.1. The fraction of sp³-hybridized carbons (Fsp3) is 0.0435. The Morgan fingerprint density at radius 3 is 1.62 bits per heavy atom. The number of hydrogen-bond donors (Lipinski definition) is 0. The Labute approximate surface area is 583 Å². The minimum Gasteiger partial charge on any atom is -0.485 e. The van der Waals surface area contributed by atoms with Gasteiger partial charge in [0.05, 0.1) is 42.7 Å². The lowest BCUT2D eigenvalue weighted by Gasteiger charge is -2.47. The quantitative estimate of drug-likeness (QED) is 0.165. The molecule has 0 radical (unpaired) electrons. The van der Waals surface area contributed by atoms with Gasteiger partial charge in [-0.2, -0.15) is 0 Å². The Balaban J connectivity index is 0.698. The van der Waals surface area contributed by atoms with Crippen molar-refractivity contribution < 1.29 is 9.47 Å². The molecule has 0 fully saturated rings. The van der Waals surface area contributed by atoms with Crippen molar-refractivity contribution in [1.29, 1.82) is 0 Å². The molecule has 0 N–H and O–H groups in total. The van der Waals surface area contributed by atoms with Crippen molar-refractivity contribution in [3.8, 4) is 107 Å². The largest absolute Gasteiger partial charge is 0.485 e. The molecule has 100 heavy (non-hydrogen) atoms. The highest BCUT2D eigenvalue weighted by Crippen LogP contribution is 2.65. The topological polar surface area (TPSA) is 70.0 Å². The summed E-state index contributed by atoms with van der Waals surface area (Å²) in [4.78, 5) is 22.4. The Morgan fingerprint density at radius 1 is 0.310 bits per heavy atom. The molecule has 4 unspecified atom stereocenters. The molecule has 2 spiro atoms. The summed E-state index contributed by atoms with van der Waals surface area (Å²) in [6.45, 7) is 0. The van der Waals surface area contributed by atoms with Gasteiger partial charge in [-0.15, -0.1) is 22.7 Å². The summed E-state index contributed by atoms with van der Waals surface area (Å²) in [5.74, 6) is 3.97. The molecule has 6 nitrogen and oxygen atoms in total. The van der Waals surface area contributed by atoms with E-state index in [0.29, 0.717) is 11.6 Å². The number of hydrogen-bond acceptors (Lipinski definition) is 8. The molecule has 5 aliphatic rings. The number of nitrogens with zero attached hydrogens (tertiary/aromatic N) is 4. The van der Waals surface area contributed by atoms with E-state index >= 15 is 0 Å². The zero-order valence-corrected chi connectivity index (χ0v) is 55.2. The molecule has 4 aromatic heterocycles. The minimum absolute atomic E-state index is 0.0161. The third-order valence-corrected chi connectivity index (χ3v) is 24.2. The van der Waals surface area contributed by atoms with Gasteiger partial charge in [0.15, 0.2) is 11.6 Å². The van der Waals surface area contributed by atoms with Gasteiger partial charge < -0.3 is 9.47 Å². The van der Waals surface area contributed by atoms with Gasteiger partial charge in [-0.3, -0.25) is 0 Å². The van der Waals surface area contributed by atoms with E-state index in [2.05, 4.69) is 315 Å². The van der Waals surface area contributed by atoms with E-state index in [9.17, 15) is 0 Å². The van der Waals surface area contributed by atoms with Crippen molar-refractivity contribution >= 4 is 74.1 Å². The number of fused-ring (bicyclic) bond motifs is 25. The van der Waals surface area contributed by atoms with Crippen LogP contribution >= 0.6 is 22.7 Å². The van der Waals surface area contributed by atoms with E-state index in [-0.39, 0.29) is 12.0 Å². The van der Waals surface area contributed by atoms with Crippen LogP contribution in [0.1, 0.15) is 38.9 Å². The molecule has 8 heteroatoms. The molecular formula is C92H54N4O2S2. The molecule has 3 aliphatic carbocycles. The van der Waals surface area contributed by atoms with Crippen LogP contribution in [-0.4, -0.2) is 26.0 Å². The molecule has 22 rings (SSSR count). The van der Waals surface area contributed by atoms with Gasteiger partial charge in [0.1, 0.15) is 23.4 Å².